The summed E-state index contributed by atoms with van der Waals surface area (Å²) in [6.07, 6.45) is 2.03. The second-order valence-corrected chi connectivity index (χ2v) is 4.91. The molecule has 0 spiro atoms. The number of nitrogens with two attached hydrogens (primary N) is 1. The third kappa shape index (κ3) is 5.51. The molecule has 1 rings (SSSR count). The molecule has 0 saturated heterocycles. The number of hydrogen-bond donors (Lipinski definition) is 2. The maximum atomic E-state index is 10.6. The van der Waals surface area contributed by atoms with Gasteiger partial charge in [-0.3, -0.25) is 4.79 Å². The molecular formula is C13H19BrN2O2. The first-order chi connectivity index (χ1) is 8.63. The zero-order chi connectivity index (χ0) is 13.4. The summed E-state index contributed by atoms with van der Waals surface area (Å²) in [4.78, 5) is 10.6. The number of amides is 1. The van der Waals surface area contributed by atoms with E-state index in [1.54, 1.807) is 0 Å². The van der Waals surface area contributed by atoms with Crippen LogP contribution in [0.15, 0.2) is 22.7 Å². The molecule has 18 heavy (non-hydrogen) atoms. The van der Waals surface area contributed by atoms with Crippen LogP contribution in [0.5, 0.6) is 5.75 Å². The fraction of sp³-hybridized carbons (Fsp3) is 0.462. The van der Waals surface area contributed by atoms with Crippen molar-refractivity contribution >= 4 is 21.8 Å². The third-order valence-corrected chi connectivity index (χ3v) is 3.24. The molecule has 0 fully saturated rings. The average molecular weight is 315 g/mol. The highest BCUT2D eigenvalue weighted by molar-refractivity contribution is 9.10. The van der Waals surface area contributed by atoms with Gasteiger partial charge < -0.3 is 15.8 Å². The molecule has 0 radical (unpaired) electrons. The second kappa shape index (κ2) is 8.11. The van der Waals surface area contributed by atoms with Gasteiger partial charge in [-0.05, 0) is 43.7 Å². The Hall–Kier alpha value is -1.07. The molecule has 0 aliphatic carbocycles. The average Bonchev–Trinajstić information content (AvgIpc) is 2.32. The van der Waals surface area contributed by atoms with Crippen molar-refractivity contribution in [3.63, 3.8) is 0 Å². The van der Waals surface area contributed by atoms with Gasteiger partial charge in [0.25, 0.3) is 0 Å². The van der Waals surface area contributed by atoms with Crippen molar-refractivity contribution < 1.29 is 9.53 Å². The largest absolute Gasteiger partial charge is 0.494 e. The quantitative estimate of drug-likeness (QED) is 0.723. The number of carbonyl (C=O) groups excluding carboxylic acids is 1. The Morgan fingerprint density at radius 3 is 2.89 bits per heavy atom. The van der Waals surface area contributed by atoms with E-state index in [0.29, 0.717) is 13.0 Å². The molecule has 0 saturated carbocycles. The smallest absolute Gasteiger partial charge is 0.217 e. The predicted molar refractivity (Wildman–Crippen MR) is 75.4 cm³/mol. The first-order valence-corrected chi connectivity index (χ1v) is 6.77. The molecule has 3 N–H and O–H groups in total. The van der Waals surface area contributed by atoms with E-state index < -0.39 is 0 Å². The summed E-state index contributed by atoms with van der Waals surface area (Å²) in [6, 6.07) is 5.91. The summed E-state index contributed by atoms with van der Waals surface area (Å²) in [5.41, 5.74) is 6.22. The number of ether oxygens (including phenoxy) is 1. The molecule has 1 aromatic rings. The van der Waals surface area contributed by atoms with E-state index in [9.17, 15) is 4.79 Å². The Kier molecular flexibility index (Phi) is 6.75. The van der Waals surface area contributed by atoms with Crippen molar-refractivity contribution in [3.8, 4) is 5.75 Å². The fourth-order valence-electron chi connectivity index (χ4n) is 1.56. The van der Waals surface area contributed by atoms with Crippen molar-refractivity contribution in [3.05, 3.63) is 28.2 Å². The minimum absolute atomic E-state index is 0.255. The van der Waals surface area contributed by atoms with E-state index in [1.807, 2.05) is 25.2 Å². The number of unbranched alkanes of at least 4 members (excludes halogenated alkanes) is 1. The van der Waals surface area contributed by atoms with Crippen LogP contribution < -0.4 is 15.8 Å². The maximum Gasteiger partial charge on any atom is 0.217 e. The molecule has 0 aliphatic heterocycles. The Morgan fingerprint density at radius 2 is 2.22 bits per heavy atom. The number of halogens is 1. The molecular weight excluding hydrogens is 296 g/mol. The molecule has 0 aliphatic rings. The molecule has 0 aromatic heterocycles. The lowest BCUT2D eigenvalue weighted by Crippen LogP contribution is -2.10. The van der Waals surface area contributed by atoms with E-state index in [4.69, 9.17) is 10.5 Å². The van der Waals surface area contributed by atoms with Gasteiger partial charge in [-0.2, -0.15) is 0 Å². The van der Waals surface area contributed by atoms with Crippen molar-refractivity contribution in [1.82, 2.24) is 5.32 Å². The Balaban J connectivity index is 2.38. The number of primary amides is 1. The van der Waals surface area contributed by atoms with E-state index in [1.165, 1.54) is 0 Å². The molecule has 1 aromatic carbocycles. The van der Waals surface area contributed by atoms with Gasteiger partial charge in [0, 0.05) is 17.4 Å². The van der Waals surface area contributed by atoms with Crippen LogP contribution in [-0.4, -0.2) is 19.6 Å². The lowest BCUT2D eigenvalue weighted by atomic mass is 10.2. The standard InChI is InChI=1S/C13H19BrN2O2/c1-16-9-10-8-11(5-6-12(10)14)18-7-3-2-4-13(15)17/h5-6,8,16H,2-4,7,9H2,1H3,(H2,15,17). The van der Waals surface area contributed by atoms with Crippen LogP contribution in [0, 0.1) is 0 Å². The van der Waals surface area contributed by atoms with Gasteiger partial charge >= 0.3 is 0 Å². The number of nitrogens with one attached hydrogen (secondary N) is 1. The lowest BCUT2D eigenvalue weighted by molar-refractivity contribution is -0.118. The van der Waals surface area contributed by atoms with Crippen LogP contribution in [-0.2, 0) is 11.3 Å². The number of hydrogen-bond acceptors (Lipinski definition) is 3. The Morgan fingerprint density at radius 1 is 1.44 bits per heavy atom. The summed E-state index contributed by atoms with van der Waals surface area (Å²) >= 11 is 3.49. The minimum atomic E-state index is -0.255. The Labute approximate surface area is 116 Å². The zero-order valence-corrected chi connectivity index (χ0v) is 12.1. The van der Waals surface area contributed by atoms with Gasteiger partial charge in [0.15, 0.2) is 0 Å². The second-order valence-electron chi connectivity index (χ2n) is 4.06. The summed E-state index contributed by atoms with van der Waals surface area (Å²) in [6.45, 7) is 1.40. The molecule has 100 valence electrons. The van der Waals surface area contributed by atoms with Crippen LogP contribution in [0.25, 0.3) is 0 Å². The van der Waals surface area contributed by atoms with Gasteiger partial charge in [0.05, 0.1) is 6.61 Å². The van der Waals surface area contributed by atoms with Gasteiger partial charge in [-0.25, -0.2) is 0 Å². The van der Waals surface area contributed by atoms with E-state index in [2.05, 4.69) is 21.2 Å². The molecule has 0 unspecified atom stereocenters. The van der Waals surface area contributed by atoms with Gasteiger partial charge in [0.2, 0.25) is 5.91 Å². The monoisotopic (exact) mass is 314 g/mol. The molecule has 4 nitrogen and oxygen atoms in total. The first kappa shape index (κ1) is 15.0. The summed E-state index contributed by atoms with van der Waals surface area (Å²) in [5.74, 6) is 0.595. The normalized spacial score (nSPS) is 10.3. The summed E-state index contributed by atoms with van der Waals surface area (Å²) < 4.78 is 6.70. The van der Waals surface area contributed by atoms with Crippen LogP contribution >= 0.6 is 15.9 Å². The van der Waals surface area contributed by atoms with E-state index >= 15 is 0 Å². The van der Waals surface area contributed by atoms with Gasteiger partial charge in [-0.1, -0.05) is 15.9 Å². The fourth-order valence-corrected chi connectivity index (χ4v) is 1.94. The summed E-state index contributed by atoms with van der Waals surface area (Å²) in [7, 11) is 1.91. The minimum Gasteiger partial charge on any atom is -0.494 e. The SMILES string of the molecule is CNCc1cc(OCCCCC(N)=O)ccc1Br. The number of benzene rings is 1. The van der Waals surface area contributed by atoms with Crippen LogP contribution in [0.2, 0.25) is 0 Å². The van der Waals surface area contributed by atoms with Gasteiger partial charge in [-0.15, -0.1) is 0 Å². The predicted octanol–water partition coefficient (Wildman–Crippen LogP) is 2.20. The lowest BCUT2D eigenvalue weighted by Gasteiger charge is -2.09. The van der Waals surface area contributed by atoms with E-state index in [0.717, 1.165) is 35.2 Å². The van der Waals surface area contributed by atoms with Crippen LogP contribution in [0.1, 0.15) is 24.8 Å². The van der Waals surface area contributed by atoms with Crippen molar-refractivity contribution in [2.24, 2.45) is 5.73 Å². The first-order valence-electron chi connectivity index (χ1n) is 5.97. The number of rotatable bonds is 8. The van der Waals surface area contributed by atoms with Crippen molar-refractivity contribution in [2.75, 3.05) is 13.7 Å². The van der Waals surface area contributed by atoms with Crippen LogP contribution in [0.3, 0.4) is 0 Å². The topological polar surface area (TPSA) is 64.3 Å². The molecule has 0 atom stereocenters. The highest BCUT2D eigenvalue weighted by Gasteiger charge is 2.02. The zero-order valence-electron chi connectivity index (χ0n) is 10.5. The number of carbonyl (C=O) groups is 1. The van der Waals surface area contributed by atoms with Crippen molar-refractivity contribution in [2.45, 2.75) is 25.8 Å². The molecule has 5 heteroatoms. The van der Waals surface area contributed by atoms with Gasteiger partial charge in [0.1, 0.15) is 5.75 Å². The molecule has 0 heterocycles. The summed E-state index contributed by atoms with van der Waals surface area (Å²) in [5, 5.41) is 3.10. The third-order valence-electron chi connectivity index (χ3n) is 2.47. The molecule has 1 amide bonds. The highest BCUT2D eigenvalue weighted by Crippen LogP contribution is 2.22. The van der Waals surface area contributed by atoms with E-state index in [-0.39, 0.29) is 5.91 Å². The Bertz CT molecular complexity index is 397. The van der Waals surface area contributed by atoms with Crippen molar-refractivity contribution in [1.29, 1.82) is 0 Å². The maximum absolute atomic E-state index is 10.6. The highest BCUT2D eigenvalue weighted by atomic mass is 79.9. The molecule has 0 bridgehead atoms. The van der Waals surface area contributed by atoms with Crippen LogP contribution in [0.4, 0.5) is 0 Å².